The zero-order valence-corrected chi connectivity index (χ0v) is 12.6. The van der Waals surface area contributed by atoms with Crippen LogP contribution in [0.4, 0.5) is 0 Å². The van der Waals surface area contributed by atoms with Crippen LogP contribution < -0.4 is 4.74 Å². The van der Waals surface area contributed by atoms with Gasteiger partial charge in [0, 0.05) is 27.6 Å². The molecule has 3 rings (SSSR count). The van der Waals surface area contributed by atoms with E-state index in [-0.39, 0.29) is 13.2 Å². The van der Waals surface area contributed by atoms with E-state index in [0.29, 0.717) is 11.3 Å². The number of aliphatic hydroxyl groups excluding tert-OH is 1. The van der Waals surface area contributed by atoms with Gasteiger partial charge in [-0.15, -0.1) is 12.6 Å². The van der Waals surface area contributed by atoms with Gasteiger partial charge in [-0.25, -0.2) is 0 Å². The molecule has 1 heterocycles. The summed E-state index contributed by atoms with van der Waals surface area (Å²) >= 11 is 4.42. The molecule has 110 valence electrons. The number of H-pyrrole nitrogens is 1. The Bertz CT molecular complexity index is 847. The van der Waals surface area contributed by atoms with Crippen molar-refractivity contribution in [3.63, 3.8) is 0 Å². The number of benzene rings is 2. The Labute approximate surface area is 133 Å². The van der Waals surface area contributed by atoms with Gasteiger partial charge in [0.05, 0.1) is 18.2 Å². The van der Waals surface area contributed by atoms with Gasteiger partial charge >= 0.3 is 0 Å². The maximum absolute atomic E-state index is 9.38. The number of nitrogens with zero attached hydrogens (tertiary/aromatic N) is 1. The van der Waals surface area contributed by atoms with Crippen LogP contribution in [0.25, 0.3) is 22.0 Å². The van der Waals surface area contributed by atoms with Crippen LogP contribution in [0.5, 0.6) is 5.75 Å². The Balaban J connectivity index is 2.04. The van der Waals surface area contributed by atoms with Crippen molar-refractivity contribution < 1.29 is 9.84 Å². The molecule has 0 saturated carbocycles. The summed E-state index contributed by atoms with van der Waals surface area (Å²) in [5, 5.41) is 19.1. The van der Waals surface area contributed by atoms with Crippen molar-refractivity contribution in [3.05, 3.63) is 48.2 Å². The SMILES string of the molecule is N#Cc1cc2[nH]cc(S)c2cc1-c1ccc(OCCO)cc1. The summed E-state index contributed by atoms with van der Waals surface area (Å²) in [4.78, 5) is 3.95. The first-order valence-electron chi connectivity index (χ1n) is 6.81. The van der Waals surface area contributed by atoms with Crippen molar-refractivity contribution in [1.82, 2.24) is 4.98 Å². The quantitative estimate of drug-likeness (QED) is 0.647. The monoisotopic (exact) mass is 310 g/mol. The second-order valence-corrected chi connectivity index (χ2v) is 5.31. The molecule has 0 aliphatic carbocycles. The predicted octanol–water partition coefficient (Wildman–Crippen LogP) is 3.37. The van der Waals surface area contributed by atoms with Gasteiger partial charge in [0.25, 0.3) is 0 Å². The lowest BCUT2D eigenvalue weighted by Gasteiger charge is -2.08. The van der Waals surface area contributed by atoms with Gasteiger partial charge in [-0.05, 0) is 29.8 Å². The van der Waals surface area contributed by atoms with Crippen LogP contribution in [-0.4, -0.2) is 23.3 Å². The standard InChI is InChI=1S/C17H14N2O2S/c18-9-12-7-16-15(17(22)10-19-16)8-14(12)11-1-3-13(4-2-11)21-6-5-20/h1-4,7-8,10,19-20,22H,5-6H2. The number of fused-ring (bicyclic) bond motifs is 1. The molecule has 0 bridgehead atoms. The van der Waals surface area contributed by atoms with Crippen LogP contribution in [0.3, 0.4) is 0 Å². The van der Waals surface area contributed by atoms with E-state index in [2.05, 4.69) is 23.7 Å². The van der Waals surface area contributed by atoms with Crippen LogP contribution in [0, 0.1) is 11.3 Å². The highest BCUT2D eigenvalue weighted by molar-refractivity contribution is 7.80. The average molecular weight is 310 g/mol. The van der Waals surface area contributed by atoms with Crippen molar-refractivity contribution in [2.75, 3.05) is 13.2 Å². The van der Waals surface area contributed by atoms with Crippen molar-refractivity contribution >= 4 is 23.5 Å². The third-order valence-corrected chi connectivity index (χ3v) is 3.81. The number of aromatic nitrogens is 1. The molecular formula is C17H14N2O2S. The highest BCUT2D eigenvalue weighted by Gasteiger charge is 2.10. The molecule has 1 aromatic heterocycles. The minimum Gasteiger partial charge on any atom is -0.491 e. The first kappa shape index (κ1) is 14.5. The molecule has 5 heteroatoms. The number of aliphatic hydroxyl groups is 1. The summed E-state index contributed by atoms with van der Waals surface area (Å²) in [6.45, 7) is 0.246. The molecule has 0 atom stereocenters. The minimum atomic E-state index is -0.0186. The lowest BCUT2D eigenvalue weighted by molar-refractivity contribution is 0.201. The molecule has 0 radical (unpaired) electrons. The van der Waals surface area contributed by atoms with E-state index in [1.165, 1.54) is 0 Å². The molecular weight excluding hydrogens is 296 g/mol. The van der Waals surface area contributed by atoms with E-state index >= 15 is 0 Å². The van der Waals surface area contributed by atoms with Crippen molar-refractivity contribution in [2.45, 2.75) is 4.90 Å². The van der Waals surface area contributed by atoms with Gasteiger partial charge in [0.15, 0.2) is 0 Å². The van der Waals surface area contributed by atoms with Gasteiger partial charge in [0.1, 0.15) is 12.4 Å². The van der Waals surface area contributed by atoms with Crippen molar-refractivity contribution in [1.29, 1.82) is 5.26 Å². The molecule has 0 spiro atoms. The molecule has 4 nitrogen and oxygen atoms in total. The van der Waals surface area contributed by atoms with Gasteiger partial charge in [-0.3, -0.25) is 0 Å². The van der Waals surface area contributed by atoms with Crippen molar-refractivity contribution in [3.8, 4) is 22.9 Å². The Morgan fingerprint density at radius 3 is 2.68 bits per heavy atom. The average Bonchev–Trinajstić information content (AvgIpc) is 2.92. The molecule has 2 aromatic carbocycles. The summed E-state index contributed by atoms with van der Waals surface area (Å²) in [6, 6.07) is 13.5. The fourth-order valence-electron chi connectivity index (χ4n) is 2.38. The number of hydrogen-bond acceptors (Lipinski definition) is 4. The second-order valence-electron chi connectivity index (χ2n) is 4.83. The molecule has 3 aromatic rings. The highest BCUT2D eigenvalue weighted by Crippen LogP contribution is 2.32. The van der Waals surface area contributed by atoms with Gasteiger partial charge in [0.2, 0.25) is 0 Å². The van der Waals surface area contributed by atoms with E-state index in [1.54, 1.807) is 0 Å². The van der Waals surface area contributed by atoms with Gasteiger partial charge in [-0.1, -0.05) is 12.1 Å². The molecule has 2 N–H and O–H groups in total. The summed E-state index contributed by atoms with van der Waals surface area (Å²) in [5.74, 6) is 0.689. The van der Waals surface area contributed by atoms with Crippen LogP contribution >= 0.6 is 12.6 Å². The van der Waals surface area contributed by atoms with E-state index < -0.39 is 0 Å². The number of hydrogen-bond donors (Lipinski definition) is 3. The third kappa shape index (κ3) is 2.67. The Morgan fingerprint density at radius 1 is 1.23 bits per heavy atom. The molecule has 0 aliphatic rings. The summed E-state index contributed by atoms with van der Waals surface area (Å²) in [6.07, 6.45) is 1.81. The topological polar surface area (TPSA) is 69.0 Å². The molecule has 22 heavy (non-hydrogen) atoms. The molecule has 0 saturated heterocycles. The van der Waals surface area contributed by atoms with E-state index in [0.717, 1.165) is 26.9 Å². The first-order valence-corrected chi connectivity index (χ1v) is 7.26. The van der Waals surface area contributed by atoms with Crippen molar-refractivity contribution in [2.24, 2.45) is 0 Å². The van der Waals surface area contributed by atoms with Crippen LogP contribution in [0.1, 0.15) is 5.56 Å². The second kappa shape index (κ2) is 6.14. The van der Waals surface area contributed by atoms with Crippen LogP contribution in [-0.2, 0) is 0 Å². The third-order valence-electron chi connectivity index (χ3n) is 3.44. The minimum absolute atomic E-state index is 0.0186. The lowest BCUT2D eigenvalue weighted by Crippen LogP contribution is -2.01. The number of ether oxygens (including phenoxy) is 1. The number of rotatable bonds is 4. The summed E-state index contributed by atoms with van der Waals surface area (Å²) in [7, 11) is 0. The molecule has 0 aliphatic heterocycles. The Morgan fingerprint density at radius 2 is 2.00 bits per heavy atom. The number of nitriles is 1. The lowest BCUT2D eigenvalue weighted by atomic mass is 9.98. The Hall–Kier alpha value is -2.42. The van der Waals surface area contributed by atoms with Gasteiger partial charge < -0.3 is 14.8 Å². The number of thiol groups is 1. The first-order chi connectivity index (χ1) is 10.7. The zero-order valence-electron chi connectivity index (χ0n) is 11.7. The molecule has 0 unspecified atom stereocenters. The fraction of sp³-hybridized carbons (Fsp3) is 0.118. The maximum atomic E-state index is 9.38. The van der Waals surface area contributed by atoms with E-state index in [1.807, 2.05) is 42.6 Å². The number of aromatic amines is 1. The normalized spacial score (nSPS) is 10.6. The van der Waals surface area contributed by atoms with Crippen LogP contribution in [0.2, 0.25) is 0 Å². The molecule has 0 amide bonds. The molecule has 0 fully saturated rings. The smallest absolute Gasteiger partial charge is 0.119 e. The highest BCUT2D eigenvalue weighted by atomic mass is 32.1. The number of nitrogens with one attached hydrogen (secondary N) is 1. The summed E-state index contributed by atoms with van der Waals surface area (Å²) in [5.41, 5.74) is 3.29. The van der Waals surface area contributed by atoms with Crippen LogP contribution in [0.15, 0.2) is 47.5 Å². The zero-order chi connectivity index (χ0) is 15.5. The Kier molecular flexibility index (Phi) is 4.05. The van der Waals surface area contributed by atoms with Gasteiger partial charge in [-0.2, -0.15) is 5.26 Å². The summed E-state index contributed by atoms with van der Waals surface area (Å²) < 4.78 is 5.35. The van der Waals surface area contributed by atoms with E-state index in [9.17, 15) is 5.26 Å². The predicted molar refractivity (Wildman–Crippen MR) is 88.3 cm³/mol. The van der Waals surface area contributed by atoms with E-state index in [4.69, 9.17) is 9.84 Å². The fourth-order valence-corrected chi connectivity index (χ4v) is 2.63. The largest absolute Gasteiger partial charge is 0.491 e. The maximum Gasteiger partial charge on any atom is 0.119 e.